The number of aryl methyl sites for hydroxylation is 1. The Kier molecular flexibility index (Phi) is 3.98. The molecule has 2 aromatic heterocycles. The van der Waals surface area contributed by atoms with Gasteiger partial charge in [-0.2, -0.15) is 0 Å². The fourth-order valence-electron chi connectivity index (χ4n) is 3.93. The van der Waals surface area contributed by atoms with Crippen LogP contribution in [0, 0.1) is 6.92 Å². The van der Waals surface area contributed by atoms with Crippen molar-refractivity contribution in [2.75, 3.05) is 0 Å². The molecule has 3 aromatic carbocycles. The summed E-state index contributed by atoms with van der Waals surface area (Å²) >= 11 is 0. The molecule has 6 nitrogen and oxygen atoms in total. The molecule has 0 saturated heterocycles. The van der Waals surface area contributed by atoms with Gasteiger partial charge in [-0.3, -0.25) is 0 Å². The van der Waals surface area contributed by atoms with Crippen molar-refractivity contribution in [1.82, 2.24) is 30.0 Å². The van der Waals surface area contributed by atoms with Gasteiger partial charge in [0, 0.05) is 12.0 Å². The normalized spacial score (nSPS) is 11.9. The van der Waals surface area contributed by atoms with E-state index in [0.29, 0.717) is 6.42 Å². The van der Waals surface area contributed by atoms with Gasteiger partial charge in [-0.05, 0) is 31.2 Å². The van der Waals surface area contributed by atoms with E-state index < -0.39 is 5.66 Å². The summed E-state index contributed by atoms with van der Waals surface area (Å²) in [7, 11) is 0. The number of allylic oxidation sites excluding steroid dienone is 1. The van der Waals surface area contributed by atoms with Crippen molar-refractivity contribution in [3.63, 3.8) is 0 Å². The lowest BCUT2D eigenvalue weighted by Gasteiger charge is -2.34. The average molecular weight is 380 g/mol. The van der Waals surface area contributed by atoms with Crippen LogP contribution in [0.25, 0.3) is 22.1 Å². The third-order valence-electron chi connectivity index (χ3n) is 5.35. The first kappa shape index (κ1) is 17.3. The van der Waals surface area contributed by atoms with E-state index in [1.54, 1.807) is 0 Å². The second-order valence-corrected chi connectivity index (χ2v) is 7.16. The van der Waals surface area contributed by atoms with Crippen molar-refractivity contribution >= 4 is 22.1 Å². The maximum Gasteiger partial charge on any atom is 0.187 e. The molecule has 6 heteroatoms. The number of hydrogen-bond donors (Lipinski definition) is 0. The topological polar surface area (TPSA) is 61.4 Å². The highest BCUT2D eigenvalue weighted by atomic mass is 15.6. The fraction of sp³-hybridized carbons (Fsp3) is 0.130. The third kappa shape index (κ3) is 2.56. The summed E-state index contributed by atoms with van der Waals surface area (Å²) in [6.45, 7) is 6.12. The summed E-state index contributed by atoms with van der Waals surface area (Å²) in [5.74, 6) is 0. The van der Waals surface area contributed by atoms with Gasteiger partial charge in [0.15, 0.2) is 5.66 Å². The van der Waals surface area contributed by atoms with E-state index in [0.717, 1.165) is 27.6 Å². The van der Waals surface area contributed by atoms with Gasteiger partial charge >= 0.3 is 0 Å². The van der Waals surface area contributed by atoms with Gasteiger partial charge in [-0.1, -0.05) is 70.6 Å². The van der Waals surface area contributed by atoms with Crippen molar-refractivity contribution in [2.45, 2.75) is 19.0 Å². The lowest BCUT2D eigenvalue weighted by atomic mass is 9.94. The molecule has 0 bridgehead atoms. The molecule has 5 aromatic rings. The lowest BCUT2D eigenvalue weighted by Crippen LogP contribution is -2.43. The first-order chi connectivity index (χ1) is 14.2. The zero-order chi connectivity index (χ0) is 19.8. The number of para-hydroxylation sites is 2. The van der Waals surface area contributed by atoms with Crippen LogP contribution < -0.4 is 0 Å². The van der Waals surface area contributed by atoms with Crippen molar-refractivity contribution in [3.05, 3.63) is 96.6 Å². The minimum absolute atomic E-state index is 0.566. The van der Waals surface area contributed by atoms with E-state index in [9.17, 15) is 0 Å². The zero-order valence-electron chi connectivity index (χ0n) is 16.1. The van der Waals surface area contributed by atoms with E-state index in [1.807, 2.05) is 64.0 Å². The molecule has 0 N–H and O–H groups in total. The maximum absolute atomic E-state index is 4.58. The molecule has 0 aliphatic rings. The van der Waals surface area contributed by atoms with Crippen LogP contribution in [0.4, 0.5) is 0 Å². The summed E-state index contributed by atoms with van der Waals surface area (Å²) in [5, 5.41) is 18.0. The maximum atomic E-state index is 4.58. The highest BCUT2D eigenvalue weighted by Gasteiger charge is 2.40. The van der Waals surface area contributed by atoms with Crippen molar-refractivity contribution in [2.24, 2.45) is 0 Å². The van der Waals surface area contributed by atoms with Gasteiger partial charge in [0.2, 0.25) is 0 Å². The van der Waals surface area contributed by atoms with Gasteiger partial charge in [0.05, 0.1) is 11.0 Å². The Morgan fingerprint density at radius 2 is 1.31 bits per heavy atom. The minimum Gasteiger partial charge on any atom is -0.212 e. The Labute approximate surface area is 168 Å². The Bertz CT molecular complexity index is 1240. The summed E-state index contributed by atoms with van der Waals surface area (Å²) in [6, 6.07) is 24.3. The molecule has 0 unspecified atom stereocenters. The predicted molar refractivity (Wildman–Crippen MR) is 114 cm³/mol. The third-order valence-corrected chi connectivity index (χ3v) is 5.35. The smallest absolute Gasteiger partial charge is 0.187 e. The molecular formula is C23H20N6. The zero-order valence-corrected chi connectivity index (χ0v) is 16.1. The van der Waals surface area contributed by atoms with E-state index >= 15 is 0 Å². The molecule has 142 valence electrons. The van der Waals surface area contributed by atoms with Crippen LogP contribution in [0.1, 0.15) is 17.5 Å². The Morgan fingerprint density at radius 3 is 1.83 bits per heavy atom. The molecule has 0 aliphatic carbocycles. The van der Waals surface area contributed by atoms with Crippen molar-refractivity contribution < 1.29 is 0 Å². The Morgan fingerprint density at radius 1 is 0.793 bits per heavy atom. The molecule has 2 heterocycles. The van der Waals surface area contributed by atoms with Gasteiger partial charge < -0.3 is 0 Å². The molecule has 0 fully saturated rings. The number of benzene rings is 3. The second kappa shape index (κ2) is 6.67. The average Bonchev–Trinajstić information content (AvgIpc) is 3.38. The van der Waals surface area contributed by atoms with Crippen LogP contribution in [0.2, 0.25) is 0 Å². The van der Waals surface area contributed by atoms with Crippen LogP contribution in [-0.4, -0.2) is 30.0 Å². The molecule has 0 spiro atoms. The van der Waals surface area contributed by atoms with Crippen molar-refractivity contribution in [3.8, 4) is 0 Å². The summed E-state index contributed by atoms with van der Waals surface area (Å²) in [5.41, 5.74) is 4.95. The predicted octanol–water partition coefficient (Wildman–Crippen LogP) is 4.31. The van der Waals surface area contributed by atoms with Crippen LogP contribution in [0.15, 0.2) is 85.5 Å². The molecule has 5 rings (SSSR count). The van der Waals surface area contributed by atoms with Crippen LogP contribution in [0.3, 0.4) is 0 Å². The Balaban J connectivity index is 1.92. The minimum atomic E-state index is -0.790. The van der Waals surface area contributed by atoms with E-state index in [1.165, 1.54) is 5.56 Å². The Hall–Kier alpha value is -3.80. The SMILES string of the molecule is C=CCC(c1ccc(C)cc1)(n1nnc2ccccc21)n1nnc2ccccc21. The highest BCUT2D eigenvalue weighted by molar-refractivity contribution is 5.76. The van der Waals surface area contributed by atoms with Crippen molar-refractivity contribution in [1.29, 1.82) is 0 Å². The number of nitrogens with zero attached hydrogens (tertiary/aromatic N) is 6. The molecule has 0 radical (unpaired) electrons. The number of hydrogen-bond acceptors (Lipinski definition) is 4. The second-order valence-electron chi connectivity index (χ2n) is 7.16. The van der Waals surface area contributed by atoms with E-state index in [4.69, 9.17) is 0 Å². The van der Waals surface area contributed by atoms with Gasteiger partial charge in [0.25, 0.3) is 0 Å². The molecule has 0 aliphatic heterocycles. The van der Waals surface area contributed by atoms with Gasteiger partial charge in [-0.15, -0.1) is 16.8 Å². The number of rotatable bonds is 5. The van der Waals surface area contributed by atoms with Crippen LogP contribution >= 0.6 is 0 Å². The molecular weight excluding hydrogens is 360 g/mol. The largest absolute Gasteiger partial charge is 0.212 e. The first-order valence-electron chi connectivity index (χ1n) is 9.54. The summed E-state index contributed by atoms with van der Waals surface area (Å²) in [4.78, 5) is 0. The lowest BCUT2D eigenvalue weighted by molar-refractivity contribution is 0.246. The molecule has 0 amide bonds. The van der Waals surface area contributed by atoms with E-state index in [2.05, 4.69) is 58.4 Å². The molecule has 0 atom stereocenters. The van der Waals surface area contributed by atoms with Crippen LogP contribution in [0.5, 0.6) is 0 Å². The molecule has 29 heavy (non-hydrogen) atoms. The standard InChI is InChI=1S/C23H20N6/c1-3-16-23(18-14-12-17(2)13-15-18,28-21-10-6-4-8-19(21)24-26-28)29-22-11-7-5-9-20(22)25-27-29/h3-15H,1,16H2,2H3. The number of fused-ring (bicyclic) bond motifs is 2. The summed E-state index contributed by atoms with van der Waals surface area (Å²) in [6.07, 6.45) is 2.46. The van der Waals surface area contributed by atoms with Crippen LogP contribution in [-0.2, 0) is 5.66 Å². The quantitative estimate of drug-likeness (QED) is 0.426. The fourth-order valence-corrected chi connectivity index (χ4v) is 3.93. The highest BCUT2D eigenvalue weighted by Crippen LogP contribution is 2.36. The summed E-state index contributed by atoms with van der Waals surface area (Å²) < 4.78 is 3.88. The molecule has 0 saturated carbocycles. The number of aromatic nitrogens is 6. The van der Waals surface area contributed by atoms with Gasteiger partial charge in [-0.25, -0.2) is 9.36 Å². The van der Waals surface area contributed by atoms with E-state index in [-0.39, 0.29) is 0 Å². The van der Waals surface area contributed by atoms with Gasteiger partial charge in [0.1, 0.15) is 11.0 Å². The monoisotopic (exact) mass is 380 g/mol. The first-order valence-corrected chi connectivity index (χ1v) is 9.54.